The van der Waals surface area contributed by atoms with E-state index in [0.717, 1.165) is 25.7 Å². The lowest BCUT2D eigenvalue weighted by molar-refractivity contribution is -0.155. The highest BCUT2D eigenvalue weighted by molar-refractivity contribution is 5.02. The summed E-state index contributed by atoms with van der Waals surface area (Å²) in [6.45, 7) is 1.84. The Labute approximate surface area is 124 Å². The van der Waals surface area contributed by atoms with Crippen LogP contribution in [0.1, 0.15) is 25.7 Å². The van der Waals surface area contributed by atoms with E-state index < -0.39 is 12.7 Å². The summed E-state index contributed by atoms with van der Waals surface area (Å²) in [5.74, 6) is 0. The van der Waals surface area contributed by atoms with Crippen molar-refractivity contribution in [3.63, 3.8) is 0 Å². The summed E-state index contributed by atoms with van der Waals surface area (Å²) < 4.78 is 43.0. The quantitative estimate of drug-likeness (QED) is 0.853. The number of hydrogen-bond acceptors (Lipinski definition) is 4. The molecule has 1 aliphatic carbocycles. The van der Waals surface area contributed by atoms with Crippen LogP contribution in [0.5, 0.6) is 0 Å². The number of alkyl halides is 3. The Bertz CT molecular complexity index is 332. The summed E-state index contributed by atoms with van der Waals surface area (Å²) in [5.41, 5.74) is 5.86. The summed E-state index contributed by atoms with van der Waals surface area (Å²) >= 11 is 0. The average molecular weight is 309 g/mol. The van der Waals surface area contributed by atoms with Gasteiger partial charge in [-0.15, -0.1) is 0 Å². The Morgan fingerprint density at radius 2 is 1.86 bits per heavy atom. The first kappa shape index (κ1) is 17.0. The van der Waals surface area contributed by atoms with E-state index in [9.17, 15) is 13.2 Å². The molecule has 0 aromatic carbocycles. The molecular weight excluding hydrogens is 283 g/mol. The fourth-order valence-corrected chi connectivity index (χ4v) is 3.86. The monoisotopic (exact) mass is 309 g/mol. The second kappa shape index (κ2) is 6.81. The molecule has 0 amide bonds. The van der Waals surface area contributed by atoms with Crippen LogP contribution in [0.15, 0.2) is 0 Å². The first-order chi connectivity index (χ1) is 9.91. The molecule has 2 unspecified atom stereocenters. The maximum atomic E-state index is 12.5. The smallest absolute Gasteiger partial charge is 0.379 e. The predicted octanol–water partition coefficient (Wildman–Crippen LogP) is 1.45. The minimum atomic E-state index is -4.12. The lowest BCUT2D eigenvalue weighted by Crippen LogP contribution is -2.67. The zero-order valence-electron chi connectivity index (χ0n) is 12.7. The van der Waals surface area contributed by atoms with Crippen LogP contribution in [0.2, 0.25) is 0 Å². The highest BCUT2D eigenvalue weighted by Gasteiger charge is 2.46. The zero-order valence-corrected chi connectivity index (χ0v) is 12.7. The largest absolute Gasteiger partial charge is 0.401 e. The zero-order chi connectivity index (χ0) is 15.5. The third-order valence-corrected chi connectivity index (χ3v) is 4.97. The standard InChI is InChI=1S/C14H26F3N3O/c1-21-12-4-2-3-5-13(12,10-18)20-8-6-19(7-9-20)11-14(15,16)17/h12H,2-11,18H2,1H3. The van der Waals surface area contributed by atoms with Gasteiger partial charge in [0, 0.05) is 39.8 Å². The van der Waals surface area contributed by atoms with Crippen LogP contribution in [0.25, 0.3) is 0 Å². The molecular formula is C14H26F3N3O. The lowest BCUT2D eigenvalue weighted by atomic mass is 9.77. The molecule has 7 heteroatoms. The van der Waals surface area contributed by atoms with Crippen LogP contribution in [-0.2, 0) is 4.74 Å². The van der Waals surface area contributed by atoms with Gasteiger partial charge in [0.15, 0.2) is 0 Å². The van der Waals surface area contributed by atoms with Crippen LogP contribution >= 0.6 is 0 Å². The van der Waals surface area contributed by atoms with Crippen LogP contribution in [0, 0.1) is 0 Å². The Hall–Kier alpha value is -0.370. The van der Waals surface area contributed by atoms with Crippen molar-refractivity contribution in [2.45, 2.75) is 43.5 Å². The molecule has 124 valence electrons. The Morgan fingerprint density at radius 3 is 2.38 bits per heavy atom. The molecule has 2 fully saturated rings. The van der Waals surface area contributed by atoms with Crippen molar-refractivity contribution in [3.05, 3.63) is 0 Å². The summed E-state index contributed by atoms with van der Waals surface area (Å²) in [6, 6.07) is 0. The van der Waals surface area contributed by atoms with Crippen LogP contribution in [0.3, 0.4) is 0 Å². The molecule has 2 atom stereocenters. The number of nitrogens with two attached hydrogens (primary N) is 1. The molecule has 4 nitrogen and oxygen atoms in total. The number of rotatable bonds is 4. The van der Waals surface area contributed by atoms with Crippen LogP contribution in [-0.4, -0.2) is 74.0 Å². The van der Waals surface area contributed by atoms with Gasteiger partial charge < -0.3 is 10.5 Å². The van der Waals surface area contributed by atoms with E-state index in [-0.39, 0.29) is 11.6 Å². The maximum absolute atomic E-state index is 12.5. The van der Waals surface area contributed by atoms with Crippen molar-refractivity contribution < 1.29 is 17.9 Å². The van der Waals surface area contributed by atoms with Gasteiger partial charge in [-0.05, 0) is 12.8 Å². The molecule has 1 saturated heterocycles. The van der Waals surface area contributed by atoms with E-state index in [2.05, 4.69) is 4.90 Å². The van der Waals surface area contributed by atoms with Gasteiger partial charge in [-0.1, -0.05) is 12.8 Å². The summed E-state index contributed by atoms with van der Waals surface area (Å²) in [7, 11) is 1.71. The molecule has 2 rings (SSSR count). The normalized spacial score (nSPS) is 33.3. The molecule has 21 heavy (non-hydrogen) atoms. The van der Waals surface area contributed by atoms with E-state index in [1.807, 2.05) is 0 Å². The summed E-state index contributed by atoms with van der Waals surface area (Å²) in [6.07, 6.45) is 0.171. The van der Waals surface area contributed by atoms with Crippen molar-refractivity contribution in [1.29, 1.82) is 0 Å². The fourth-order valence-electron chi connectivity index (χ4n) is 3.86. The number of nitrogens with zero attached hydrogens (tertiary/aromatic N) is 2. The molecule has 0 spiro atoms. The van der Waals surface area contributed by atoms with Gasteiger partial charge >= 0.3 is 6.18 Å². The summed E-state index contributed by atoms with van der Waals surface area (Å²) in [5, 5.41) is 0. The topological polar surface area (TPSA) is 41.7 Å². The second-order valence-corrected chi connectivity index (χ2v) is 6.16. The SMILES string of the molecule is COC1CCCCC1(CN)N1CCN(CC(F)(F)F)CC1. The molecule has 0 radical (unpaired) electrons. The van der Waals surface area contributed by atoms with Gasteiger partial charge in [0.2, 0.25) is 0 Å². The average Bonchev–Trinajstić information content (AvgIpc) is 2.46. The van der Waals surface area contributed by atoms with Crippen LogP contribution < -0.4 is 5.73 Å². The minimum Gasteiger partial charge on any atom is -0.379 e. The second-order valence-electron chi connectivity index (χ2n) is 6.16. The predicted molar refractivity (Wildman–Crippen MR) is 75.1 cm³/mol. The number of halogens is 3. The molecule has 2 N–H and O–H groups in total. The first-order valence-corrected chi connectivity index (χ1v) is 7.68. The van der Waals surface area contributed by atoms with Crippen molar-refractivity contribution in [1.82, 2.24) is 9.80 Å². The van der Waals surface area contributed by atoms with Gasteiger partial charge in [0.05, 0.1) is 18.2 Å². The maximum Gasteiger partial charge on any atom is 0.401 e. The number of hydrogen-bond donors (Lipinski definition) is 1. The van der Waals surface area contributed by atoms with E-state index in [4.69, 9.17) is 10.5 Å². The molecule has 1 saturated carbocycles. The Morgan fingerprint density at radius 1 is 1.19 bits per heavy atom. The number of methoxy groups -OCH3 is 1. The molecule has 0 aromatic rings. The van der Waals surface area contributed by atoms with Gasteiger partial charge in [0.1, 0.15) is 0 Å². The lowest BCUT2D eigenvalue weighted by Gasteiger charge is -2.52. The Balaban J connectivity index is 1.98. The van der Waals surface area contributed by atoms with E-state index >= 15 is 0 Å². The molecule has 2 aliphatic rings. The van der Waals surface area contributed by atoms with E-state index in [1.54, 1.807) is 7.11 Å². The molecule has 0 aromatic heterocycles. The highest BCUT2D eigenvalue weighted by Crippen LogP contribution is 2.35. The molecule has 0 bridgehead atoms. The van der Waals surface area contributed by atoms with E-state index in [1.165, 1.54) is 4.90 Å². The fraction of sp³-hybridized carbons (Fsp3) is 1.00. The number of piperazine rings is 1. The van der Waals surface area contributed by atoms with Crippen molar-refractivity contribution in [2.75, 3.05) is 46.4 Å². The van der Waals surface area contributed by atoms with Gasteiger partial charge in [-0.3, -0.25) is 9.80 Å². The van der Waals surface area contributed by atoms with Gasteiger partial charge in [-0.2, -0.15) is 13.2 Å². The third kappa shape index (κ3) is 3.88. The molecule has 1 heterocycles. The van der Waals surface area contributed by atoms with Crippen LogP contribution in [0.4, 0.5) is 13.2 Å². The first-order valence-electron chi connectivity index (χ1n) is 7.68. The highest BCUT2D eigenvalue weighted by atomic mass is 19.4. The number of ether oxygens (including phenoxy) is 1. The summed E-state index contributed by atoms with van der Waals surface area (Å²) in [4.78, 5) is 3.75. The Kier molecular flexibility index (Phi) is 5.51. The van der Waals surface area contributed by atoms with Gasteiger partial charge in [0.25, 0.3) is 0 Å². The van der Waals surface area contributed by atoms with Crippen molar-refractivity contribution in [2.24, 2.45) is 5.73 Å². The third-order valence-electron chi connectivity index (χ3n) is 4.97. The van der Waals surface area contributed by atoms with Gasteiger partial charge in [-0.25, -0.2) is 0 Å². The van der Waals surface area contributed by atoms with E-state index in [0.29, 0.717) is 32.7 Å². The van der Waals surface area contributed by atoms with Crippen molar-refractivity contribution in [3.8, 4) is 0 Å². The molecule has 1 aliphatic heterocycles. The van der Waals surface area contributed by atoms with Crippen molar-refractivity contribution >= 4 is 0 Å². The minimum absolute atomic E-state index is 0.0883.